The van der Waals surface area contributed by atoms with E-state index in [1.54, 1.807) is 0 Å². The highest BCUT2D eigenvalue weighted by molar-refractivity contribution is 5.73. The second-order valence-corrected chi connectivity index (χ2v) is 8.09. The Hall–Kier alpha value is -2.68. The van der Waals surface area contributed by atoms with Crippen molar-refractivity contribution in [2.75, 3.05) is 25.0 Å². The van der Waals surface area contributed by atoms with Crippen LogP contribution in [-0.2, 0) is 11.3 Å². The summed E-state index contributed by atoms with van der Waals surface area (Å²) < 4.78 is 31.7. The number of aromatic nitrogens is 2. The second kappa shape index (κ2) is 10.6. The number of rotatable bonds is 5. The molecule has 31 heavy (non-hydrogen) atoms. The zero-order valence-corrected chi connectivity index (χ0v) is 17.1. The summed E-state index contributed by atoms with van der Waals surface area (Å²) in [6.45, 7) is 4.63. The van der Waals surface area contributed by atoms with Crippen molar-refractivity contribution in [3.8, 4) is 0 Å². The summed E-state index contributed by atoms with van der Waals surface area (Å²) in [4.78, 5) is 19.9. The number of alkyl halides is 3. The summed E-state index contributed by atoms with van der Waals surface area (Å²) in [7, 11) is 0. The van der Waals surface area contributed by atoms with Crippen LogP contribution in [0.25, 0.3) is 0 Å². The van der Waals surface area contributed by atoms with E-state index in [0.29, 0.717) is 0 Å². The Morgan fingerprint density at radius 3 is 2.52 bits per heavy atom. The first kappa shape index (κ1) is 23.0. The lowest BCUT2D eigenvalue weighted by molar-refractivity contribution is -0.192. The van der Waals surface area contributed by atoms with Gasteiger partial charge in [-0.2, -0.15) is 13.2 Å². The Morgan fingerprint density at radius 1 is 1.13 bits per heavy atom. The molecule has 2 aromatic heterocycles. The highest BCUT2D eigenvalue weighted by Gasteiger charge is 2.40. The molecule has 1 saturated carbocycles. The van der Waals surface area contributed by atoms with Gasteiger partial charge in [0, 0.05) is 56.7 Å². The number of anilines is 1. The van der Waals surface area contributed by atoms with Gasteiger partial charge in [0.15, 0.2) is 0 Å². The van der Waals surface area contributed by atoms with Gasteiger partial charge in [-0.3, -0.25) is 14.9 Å². The number of halogens is 3. The zero-order chi connectivity index (χ0) is 22.3. The molecule has 9 heteroatoms. The van der Waals surface area contributed by atoms with E-state index in [4.69, 9.17) is 9.90 Å². The van der Waals surface area contributed by atoms with Crippen molar-refractivity contribution in [2.45, 2.75) is 32.0 Å². The molecular formula is C22H27F3N4O2. The lowest BCUT2D eigenvalue weighted by Crippen LogP contribution is -2.32. The van der Waals surface area contributed by atoms with E-state index in [1.807, 2.05) is 30.9 Å². The topological polar surface area (TPSA) is 78.3 Å². The smallest absolute Gasteiger partial charge is 0.475 e. The summed E-state index contributed by atoms with van der Waals surface area (Å²) in [6, 6.07) is 8.35. The number of aliphatic carboxylic acids is 1. The minimum atomic E-state index is -5.08. The van der Waals surface area contributed by atoms with Gasteiger partial charge in [0.2, 0.25) is 0 Å². The molecule has 2 fully saturated rings. The lowest BCUT2D eigenvalue weighted by atomic mass is 9.74. The number of hydrogen-bond donors (Lipinski definition) is 2. The minimum absolute atomic E-state index is 0.788. The van der Waals surface area contributed by atoms with Gasteiger partial charge in [-0.1, -0.05) is 12.5 Å². The van der Waals surface area contributed by atoms with Gasteiger partial charge in [-0.05, 0) is 54.4 Å². The Balaban J connectivity index is 0.000000339. The number of fused-ring (bicyclic) bond motifs is 1. The van der Waals surface area contributed by atoms with Gasteiger partial charge in [0.1, 0.15) is 0 Å². The van der Waals surface area contributed by atoms with E-state index in [-0.39, 0.29) is 0 Å². The van der Waals surface area contributed by atoms with E-state index in [2.05, 4.69) is 38.4 Å². The van der Waals surface area contributed by atoms with E-state index in [0.717, 1.165) is 30.8 Å². The molecule has 2 N–H and O–H groups in total. The van der Waals surface area contributed by atoms with Gasteiger partial charge in [-0.25, -0.2) is 4.79 Å². The number of nitrogens with one attached hydrogen (secondary N) is 1. The summed E-state index contributed by atoms with van der Waals surface area (Å²) in [5.41, 5.74) is 2.53. The second-order valence-electron chi connectivity index (χ2n) is 8.09. The van der Waals surface area contributed by atoms with Crippen molar-refractivity contribution in [3.63, 3.8) is 0 Å². The number of nitrogens with zero attached hydrogens (tertiary/aromatic N) is 3. The molecule has 1 aliphatic carbocycles. The molecule has 0 unspecified atom stereocenters. The summed E-state index contributed by atoms with van der Waals surface area (Å²) >= 11 is 0. The largest absolute Gasteiger partial charge is 0.490 e. The van der Waals surface area contributed by atoms with E-state index < -0.39 is 12.1 Å². The average molecular weight is 436 g/mol. The maximum Gasteiger partial charge on any atom is 0.490 e. The fraction of sp³-hybridized carbons (Fsp3) is 0.500. The van der Waals surface area contributed by atoms with Crippen LogP contribution in [0.3, 0.4) is 0 Å². The van der Waals surface area contributed by atoms with Gasteiger partial charge in [-0.15, -0.1) is 0 Å². The normalized spacial score (nSPS) is 23.4. The molecule has 0 bridgehead atoms. The van der Waals surface area contributed by atoms with Crippen LogP contribution in [0.5, 0.6) is 0 Å². The first-order valence-corrected chi connectivity index (χ1v) is 10.4. The van der Waals surface area contributed by atoms with Crippen molar-refractivity contribution in [1.82, 2.24) is 14.9 Å². The van der Waals surface area contributed by atoms with Crippen molar-refractivity contribution < 1.29 is 23.1 Å². The van der Waals surface area contributed by atoms with Crippen molar-refractivity contribution in [2.24, 2.45) is 17.8 Å². The Kier molecular flexibility index (Phi) is 7.84. The SMILES string of the molecule is O=C(O)C(F)(F)F.c1cncc(CN2C[C@H]3CCC[C@@H](CNc4ccncc4)[C@H]3C2)c1. The van der Waals surface area contributed by atoms with E-state index >= 15 is 0 Å². The highest BCUT2D eigenvalue weighted by Crippen LogP contribution is 2.40. The van der Waals surface area contributed by atoms with Crippen LogP contribution < -0.4 is 5.32 Å². The zero-order valence-electron chi connectivity index (χ0n) is 17.1. The molecule has 3 heterocycles. The molecule has 2 aromatic rings. The minimum Gasteiger partial charge on any atom is -0.475 e. The number of hydrogen-bond acceptors (Lipinski definition) is 5. The molecule has 2 aliphatic rings. The summed E-state index contributed by atoms with van der Waals surface area (Å²) in [6.07, 6.45) is 6.64. The molecular weight excluding hydrogens is 409 g/mol. The average Bonchev–Trinajstić information content (AvgIpc) is 3.16. The third-order valence-corrected chi connectivity index (χ3v) is 5.94. The predicted molar refractivity (Wildman–Crippen MR) is 110 cm³/mol. The van der Waals surface area contributed by atoms with Crippen LogP contribution >= 0.6 is 0 Å². The van der Waals surface area contributed by atoms with Crippen molar-refractivity contribution >= 4 is 11.7 Å². The molecule has 4 rings (SSSR count). The van der Waals surface area contributed by atoms with Crippen LogP contribution in [0.1, 0.15) is 24.8 Å². The molecule has 0 radical (unpaired) electrons. The first-order valence-electron chi connectivity index (χ1n) is 10.4. The molecule has 0 spiro atoms. The third-order valence-electron chi connectivity index (χ3n) is 5.94. The van der Waals surface area contributed by atoms with Gasteiger partial charge >= 0.3 is 12.1 Å². The third kappa shape index (κ3) is 6.92. The quantitative estimate of drug-likeness (QED) is 0.736. The Labute approximate surface area is 179 Å². The van der Waals surface area contributed by atoms with Crippen LogP contribution in [0.15, 0.2) is 49.1 Å². The highest BCUT2D eigenvalue weighted by atomic mass is 19.4. The maximum atomic E-state index is 10.6. The molecule has 3 atom stereocenters. The van der Waals surface area contributed by atoms with Crippen LogP contribution in [0.4, 0.5) is 18.9 Å². The van der Waals surface area contributed by atoms with Crippen molar-refractivity contribution in [3.05, 3.63) is 54.6 Å². The molecule has 1 saturated heterocycles. The van der Waals surface area contributed by atoms with Crippen molar-refractivity contribution in [1.29, 1.82) is 0 Å². The standard InChI is InChI=1S/C20H26N4.C2HF3O2/c1-4-17(12-23-19-6-9-21-10-7-19)20-15-24(14-18(20)5-1)13-16-3-2-8-22-11-16;3-2(4,5)1(6)7/h2-3,6-11,17-18,20H,1,4-5,12-15H2,(H,21,23);(H,6,7)/t17-,18+,20+;/m0./s1. The van der Waals surface area contributed by atoms with Gasteiger partial charge in [0.05, 0.1) is 0 Å². The molecule has 1 aliphatic heterocycles. The number of carbonyl (C=O) groups is 1. The fourth-order valence-corrected chi connectivity index (χ4v) is 4.54. The maximum absolute atomic E-state index is 10.6. The molecule has 0 aromatic carbocycles. The predicted octanol–water partition coefficient (Wildman–Crippen LogP) is 4.07. The number of pyridine rings is 2. The Bertz CT molecular complexity index is 821. The van der Waals surface area contributed by atoms with Gasteiger partial charge in [0.25, 0.3) is 0 Å². The fourth-order valence-electron chi connectivity index (χ4n) is 4.54. The molecule has 0 amide bonds. The van der Waals surface area contributed by atoms with Crippen LogP contribution in [0, 0.1) is 17.8 Å². The number of likely N-dealkylation sites (tertiary alicyclic amines) is 1. The summed E-state index contributed by atoms with van der Waals surface area (Å²) in [5.74, 6) is -0.257. The van der Waals surface area contributed by atoms with E-state index in [9.17, 15) is 13.2 Å². The monoisotopic (exact) mass is 436 g/mol. The van der Waals surface area contributed by atoms with Crippen LogP contribution in [-0.4, -0.2) is 51.8 Å². The van der Waals surface area contributed by atoms with E-state index in [1.165, 1.54) is 43.6 Å². The molecule has 6 nitrogen and oxygen atoms in total. The van der Waals surface area contributed by atoms with Gasteiger partial charge < -0.3 is 10.4 Å². The number of carboxylic acids is 1. The number of carboxylic acid groups (broad SMARTS) is 1. The first-order chi connectivity index (χ1) is 14.8. The Morgan fingerprint density at radius 2 is 1.87 bits per heavy atom. The summed E-state index contributed by atoms with van der Waals surface area (Å²) in [5, 5.41) is 10.7. The lowest BCUT2D eigenvalue weighted by Gasteiger charge is -2.33. The molecule has 168 valence electrons. The van der Waals surface area contributed by atoms with Crippen LogP contribution in [0.2, 0.25) is 0 Å².